The van der Waals surface area contributed by atoms with E-state index in [4.69, 9.17) is 0 Å². The molecule has 1 amide bonds. The summed E-state index contributed by atoms with van der Waals surface area (Å²) >= 11 is 0. The van der Waals surface area contributed by atoms with Gasteiger partial charge in [-0.15, -0.1) is 24.8 Å². The van der Waals surface area contributed by atoms with Gasteiger partial charge in [0.25, 0.3) is 11.5 Å². The number of alkyl halides is 3. The number of hydrogen-bond acceptors (Lipinski definition) is 4. The van der Waals surface area contributed by atoms with Crippen LogP contribution in [0.2, 0.25) is 0 Å². The molecule has 2 aromatic heterocycles. The van der Waals surface area contributed by atoms with E-state index >= 15 is 0 Å². The first kappa shape index (κ1) is 24.2. The first-order valence-corrected chi connectivity index (χ1v) is 9.07. The van der Waals surface area contributed by atoms with Gasteiger partial charge in [0.15, 0.2) is 0 Å². The van der Waals surface area contributed by atoms with Crippen LogP contribution in [0.25, 0.3) is 0 Å². The molecular formula is C19H21Cl2F3N4O2. The van der Waals surface area contributed by atoms with Crippen molar-refractivity contribution in [1.82, 2.24) is 20.2 Å². The third-order valence-electron chi connectivity index (χ3n) is 5.34. The average Bonchev–Trinajstić information content (AvgIpc) is 2.67. The second-order valence-corrected chi connectivity index (χ2v) is 7.26. The predicted octanol–water partition coefficient (Wildman–Crippen LogP) is 2.74. The van der Waals surface area contributed by atoms with Crippen molar-refractivity contribution in [2.24, 2.45) is 5.92 Å². The molecule has 164 valence electrons. The van der Waals surface area contributed by atoms with Crippen molar-refractivity contribution in [3.05, 3.63) is 63.3 Å². The van der Waals surface area contributed by atoms with E-state index in [0.29, 0.717) is 12.5 Å². The molecule has 6 nitrogen and oxygen atoms in total. The third kappa shape index (κ3) is 4.79. The van der Waals surface area contributed by atoms with Gasteiger partial charge in [-0.3, -0.25) is 14.6 Å². The summed E-state index contributed by atoms with van der Waals surface area (Å²) in [7, 11) is 0. The highest BCUT2D eigenvalue weighted by Gasteiger charge is 2.32. The molecule has 2 bridgehead atoms. The molecule has 2 aromatic rings. The summed E-state index contributed by atoms with van der Waals surface area (Å²) in [5.41, 5.74) is 0.0699. The number of piperidine rings is 1. The summed E-state index contributed by atoms with van der Waals surface area (Å²) in [4.78, 5) is 29.0. The Morgan fingerprint density at radius 3 is 2.63 bits per heavy atom. The summed E-state index contributed by atoms with van der Waals surface area (Å²) in [5.74, 6) is 0.0862. The first-order valence-electron chi connectivity index (χ1n) is 9.07. The lowest BCUT2D eigenvalue weighted by Gasteiger charge is -2.37. The van der Waals surface area contributed by atoms with Gasteiger partial charge in [0.2, 0.25) is 0 Å². The molecule has 0 saturated carbocycles. The Morgan fingerprint density at radius 1 is 1.20 bits per heavy atom. The quantitative estimate of drug-likeness (QED) is 0.731. The Bertz CT molecular complexity index is 964. The Morgan fingerprint density at radius 2 is 1.97 bits per heavy atom. The molecular weight excluding hydrogens is 444 g/mol. The van der Waals surface area contributed by atoms with Crippen LogP contribution in [0.15, 0.2) is 35.3 Å². The van der Waals surface area contributed by atoms with E-state index in [1.54, 1.807) is 4.57 Å². The second kappa shape index (κ2) is 9.36. The normalized spacial score (nSPS) is 19.7. The Hall–Kier alpha value is -2.10. The van der Waals surface area contributed by atoms with Crippen molar-refractivity contribution in [3.63, 3.8) is 0 Å². The maximum atomic E-state index is 12.8. The molecule has 4 rings (SSSR count). The summed E-state index contributed by atoms with van der Waals surface area (Å²) in [5, 5.41) is 5.93. The van der Waals surface area contributed by atoms with Crippen LogP contribution in [-0.4, -0.2) is 28.5 Å². The van der Waals surface area contributed by atoms with E-state index in [0.717, 1.165) is 37.5 Å². The van der Waals surface area contributed by atoms with Gasteiger partial charge < -0.3 is 15.2 Å². The molecule has 2 atom stereocenters. The molecule has 0 radical (unpaired) electrons. The molecule has 1 fully saturated rings. The Labute approximate surface area is 183 Å². The number of carbonyl (C=O) groups is 1. The number of halogens is 5. The highest BCUT2D eigenvalue weighted by atomic mass is 35.5. The lowest BCUT2D eigenvalue weighted by atomic mass is 9.84. The smallest absolute Gasteiger partial charge is 0.346 e. The molecule has 0 unspecified atom stereocenters. The van der Waals surface area contributed by atoms with Crippen molar-refractivity contribution >= 4 is 30.7 Å². The van der Waals surface area contributed by atoms with Crippen molar-refractivity contribution in [2.75, 3.05) is 13.1 Å². The minimum absolute atomic E-state index is 0. The molecule has 1 saturated heterocycles. The SMILES string of the molecule is Cl.Cl.O=C(NCc1ccc(C(F)(F)F)cn1)c1ccc2n(c1=O)C[C@@H]1CNC[C@H]2C1. The molecule has 30 heavy (non-hydrogen) atoms. The van der Waals surface area contributed by atoms with Crippen LogP contribution in [0, 0.1) is 5.92 Å². The second-order valence-electron chi connectivity index (χ2n) is 7.26. The first-order chi connectivity index (χ1) is 13.3. The van der Waals surface area contributed by atoms with Crippen molar-refractivity contribution in [1.29, 1.82) is 0 Å². The van der Waals surface area contributed by atoms with Gasteiger partial charge in [-0.1, -0.05) is 0 Å². The summed E-state index contributed by atoms with van der Waals surface area (Å²) < 4.78 is 39.4. The fourth-order valence-corrected chi connectivity index (χ4v) is 3.93. The molecule has 2 aliphatic heterocycles. The van der Waals surface area contributed by atoms with Gasteiger partial charge in [-0.05, 0) is 43.1 Å². The molecule has 2 N–H and O–H groups in total. The van der Waals surface area contributed by atoms with E-state index in [1.807, 2.05) is 6.07 Å². The van der Waals surface area contributed by atoms with Crippen LogP contribution in [-0.2, 0) is 19.3 Å². The highest BCUT2D eigenvalue weighted by molar-refractivity contribution is 5.93. The number of carbonyl (C=O) groups excluding carboxylic acids is 1. The van der Waals surface area contributed by atoms with Gasteiger partial charge in [0.1, 0.15) is 5.56 Å². The number of hydrogen-bond donors (Lipinski definition) is 2. The summed E-state index contributed by atoms with van der Waals surface area (Å²) in [6.07, 6.45) is -2.69. The topological polar surface area (TPSA) is 76.0 Å². The minimum Gasteiger partial charge on any atom is -0.346 e. The zero-order valence-electron chi connectivity index (χ0n) is 15.7. The van der Waals surface area contributed by atoms with E-state index in [2.05, 4.69) is 15.6 Å². The maximum Gasteiger partial charge on any atom is 0.417 e. The number of nitrogens with one attached hydrogen (secondary N) is 2. The third-order valence-corrected chi connectivity index (χ3v) is 5.34. The molecule has 11 heteroatoms. The van der Waals surface area contributed by atoms with Gasteiger partial charge >= 0.3 is 6.18 Å². The van der Waals surface area contributed by atoms with E-state index in [9.17, 15) is 22.8 Å². The summed E-state index contributed by atoms with van der Waals surface area (Å²) in [6, 6.07) is 5.46. The van der Waals surface area contributed by atoms with E-state index in [-0.39, 0.29) is 54.1 Å². The fraction of sp³-hybridized carbons (Fsp3) is 0.421. The number of aromatic nitrogens is 2. The van der Waals surface area contributed by atoms with Crippen LogP contribution in [0.1, 0.15) is 39.6 Å². The monoisotopic (exact) mass is 464 g/mol. The highest BCUT2D eigenvalue weighted by Crippen LogP contribution is 2.31. The zero-order chi connectivity index (χ0) is 19.9. The number of amides is 1. The standard InChI is InChI=1S/C19H19F3N4O2.2ClH/c20-19(21,22)13-1-2-14(24-8-13)9-25-17(27)15-3-4-16-12-5-11(6-23-7-12)10-26(16)18(15)28;;/h1-4,8,11-12,23H,5-7,9-10H2,(H,25,27);2*1H/t11-,12+;;/m0../s1. The van der Waals surface area contributed by atoms with Crippen LogP contribution in [0.4, 0.5) is 13.2 Å². The molecule has 2 aliphatic rings. The lowest BCUT2D eigenvalue weighted by molar-refractivity contribution is -0.137. The number of rotatable bonds is 3. The number of pyridine rings is 2. The zero-order valence-corrected chi connectivity index (χ0v) is 17.4. The van der Waals surface area contributed by atoms with Crippen LogP contribution in [0.3, 0.4) is 0 Å². The van der Waals surface area contributed by atoms with E-state index < -0.39 is 17.6 Å². The van der Waals surface area contributed by atoms with Crippen molar-refractivity contribution in [3.8, 4) is 0 Å². The molecule has 0 aliphatic carbocycles. The largest absolute Gasteiger partial charge is 0.417 e. The minimum atomic E-state index is -4.46. The molecule has 0 aromatic carbocycles. The van der Waals surface area contributed by atoms with Crippen molar-refractivity contribution in [2.45, 2.75) is 31.6 Å². The van der Waals surface area contributed by atoms with Gasteiger partial charge in [0.05, 0.1) is 17.8 Å². The van der Waals surface area contributed by atoms with Crippen molar-refractivity contribution < 1.29 is 18.0 Å². The molecule has 0 spiro atoms. The van der Waals surface area contributed by atoms with Gasteiger partial charge in [-0.25, -0.2) is 0 Å². The number of fused-ring (bicyclic) bond motifs is 4. The molecule has 4 heterocycles. The number of nitrogens with zero attached hydrogens (tertiary/aromatic N) is 2. The van der Waals surface area contributed by atoms with E-state index in [1.165, 1.54) is 12.1 Å². The maximum absolute atomic E-state index is 12.8. The van der Waals surface area contributed by atoms with Crippen LogP contribution >= 0.6 is 24.8 Å². The lowest BCUT2D eigenvalue weighted by Crippen LogP contribution is -2.46. The Balaban J connectivity index is 0.00000160. The average molecular weight is 465 g/mol. The predicted molar refractivity (Wildman–Crippen MR) is 109 cm³/mol. The summed E-state index contributed by atoms with van der Waals surface area (Å²) in [6.45, 7) is 2.20. The Kier molecular flexibility index (Phi) is 7.54. The van der Waals surface area contributed by atoms with Crippen LogP contribution < -0.4 is 16.2 Å². The fourth-order valence-electron chi connectivity index (χ4n) is 3.93. The van der Waals surface area contributed by atoms with Gasteiger partial charge in [0, 0.05) is 30.9 Å². The van der Waals surface area contributed by atoms with Crippen LogP contribution in [0.5, 0.6) is 0 Å². The van der Waals surface area contributed by atoms with Gasteiger partial charge in [-0.2, -0.15) is 13.2 Å².